The monoisotopic (exact) mass is 524 g/mol. The van der Waals surface area contributed by atoms with Crippen molar-refractivity contribution in [3.8, 4) is 0 Å². The number of halogens is 3. The highest BCUT2D eigenvalue weighted by atomic mass is 19.4. The van der Waals surface area contributed by atoms with Crippen molar-refractivity contribution in [2.75, 3.05) is 17.7 Å². The maximum atomic E-state index is 13.0. The molecule has 9 nitrogen and oxygen atoms in total. The third-order valence-corrected chi connectivity index (χ3v) is 5.76. The van der Waals surface area contributed by atoms with Gasteiger partial charge in [0.25, 0.3) is 11.8 Å². The third kappa shape index (κ3) is 5.86. The van der Waals surface area contributed by atoms with Crippen LogP contribution < -0.4 is 16.1 Å². The van der Waals surface area contributed by atoms with Crippen LogP contribution in [-0.4, -0.2) is 39.7 Å². The molecule has 0 saturated carbocycles. The normalized spacial score (nSPS) is 15.6. The lowest BCUT2D eigenvalue weighted by Crippen LogP contribution is -2.45. The summed E-state index contributed by atoms with van der Waals surface area (Å²) < 4.78 is 39.0. The van der Waals surface area contributed by atoms with Gasteiger partial charge in [-0.05, 0) is 66.1 Å². The van der Waals surface area contributed by atoms with Gasteiger partial charge in [-0.3, -0.25) is 24.4 Å². The van der Waals surface area contributed by atoms with E-state index in [-0.39, 0.29) is 17.4 Å². The van der Waals surface area contributed by atoms with E-state index in [1.807, 2.05) is 6.92 Å². The van der Waals surface area contributed by atoms with Gasteiger partial charge in [0.2, 0.25) is 5.91 Å². The molecule has 4 rings (SSSR count). The fourth-order valence-corrected chi connectivity index (χ4v) is 3.93. The molecular formula is C26H23F3N6O3. The minimum atomic E-state index is -4.68. The minimum Gasteiger partial charge on any atom is -0.322 e. The molecule has 3 aromatic rings. The number of hydrogen-bond acceptors (Lipinski definition) is 6. The van der Waals surface area contributed by atoms with Crippen LogP contribution in [0.2, 0.25) is 0 Å². The van der Waals surface area contributed by atoms with Gasteiger partial charge in [0.15, 0.2) is 0 Å². The van der Waals surface area contributed by atoms with E-state index in [2.05, 4.69) is 26.0 Å². The summed E-state index contributed by atoms with van der Waals surface area (Å²) in [7, 11) is 1.57. The lowest BCUT2D eigenvalue weighted by Gasteiger charge is -2.31. The summed E-state index contributed by atoms with van der Waals surface area (Å²) in [4.78, 5) is 44.4. The van der Waals surface area contributed by atoms with Gasteiger partial charge in [0, 0.05) is 43.2 Å². The lowest BCUT2D eigenvalue weighted by molar-refractivity contribution is -0.141. The van der Waals surface area contributed by atoms with Crippen LogP contribution in [0.5, 0.6) is 0 Å². The summed E-state index contributed by atoms with van der Waals surface area (Å²) in [6.07, 6.45) is -0.539. The zero-order valence-corrected chi connectivity index (χ0v) is 20.6. The molecule has 0 saturated heterocycles. The Morgan fingerprint density at radius 2 is 1.76 bits per heavy atom. The van der Waals surface area contributed by atoms with Gasteiger partial charge in [0.05, 0.1) is 6.04 Å². The van der Waals surface area contributed by atoms with Crippen molar-refractivity contribution in [1.82, 2.24) is 20.4 Å². The van der Waals surface area contributed by atoms with Crippen LogP contribution in [0.4, 0.5) is 24.7 Å². The third-order valence-electron chi connectivity index (χ3n) is 5.76. The highest BCUT2D eigenvalue weighted by Gasteiger charge is 2.33. The maximum Gasteiger partial charge on any atom is 0.433 e. The molecule has 0 radical (unpaired) electrons. The molecular weight excluding hydrogens is 501 g/mol. The molecule has 3 amide bonds. The van der Waals surface area contributed by atoms with Crippen molar-refractivity contribution in [2.24, 2.45) is 0 Å². The van der Waals surface area contributed by atoms with Crippen molar-refractivity contribution in [1.29, 1.82) is 0 Å². The number of anilines is 2. The Morgan fingerprint density at radius 1 is 1.03 bits per heavy atom. The summed E-state index contributed by atoms with van der Waals surface area (Å²) in [5, 5.41) is 6.54. The smallest absolute Gasteiger partial charge is 0.322 e. The van der Waals surface area contributed by atoms with Crippen LogP contribution in [0, 0.1) is 6.92 Å². The first-order valence-electron chi connectivity index (χ1n) is 11.4. The van der Waals surface area contributed by atoms with E-state index >= 15 is 0 Å². The van der Waals surface area contributed by atoms with E-state index in [0.29, 0.717) is 28.7 Å². The van der Waals surface area contributed by atoms with Crippen LogP contribution >= 0.6 is 0 Å². The quantitative estimate of drug-likeness (QED) is 0.463. The second-order valence-electron chi connectivity index (χ2n) is 8.62. The second-order valence-corrected chi connectivity index (χ2v) is 8.62. The van der Waals surface area contributed by atoms with Gasteiger partial charge in [-0.2, -0.15) is 13.2 Å². The highest BCUT2D eigenvalue weighted by molar-refractivity contribution is 6.20. The zero-order valence-electron chi connectivity index (χ0n) is 20.6. The molecule has 38 heavy (non-hydrogen) atoms. The number of rotatable bonds is 5. The summed E-state index contributed by atoms with van der Waals surface area (Å²) in [5.41, 5.74) is 4.57. The average molecular weight is 525 g/mol. The van der Waals surface area contributed by atoms with E-state index in [9.17, 15) is 27.6 Å². The first-order chi connectivity index (χ1) is 17.9. The molecule has 0 fully saturated rings. The number of carbonyl (C=O) groups is 3. The molecule has 0 aliphatic carbocycles. The Hall–Kier alpha value is -4.58. The molecule has 1 atom stereocenters. The number of carbonyl (C=O) groups excluding carboxylic acids is 3. The van der Waals surface area contributed by atoms with Crippen LogP contribution in [0.25, 0.3) is 5.57 Å². The average Bonchev–Trinajstić information content (AvgIpc) is 2.86. The zero-order chi connectivity index (χ0) is 27.6. The van der Waals surface area contributed by atoms with Gasteiger partial charge in [-0.15, -0.1) is 0 Å². The number of nitrogens with zero attached hydrogens (tertiary/aromatic N) is 3. The number of pyridine rings is 2. The molecule has 3 heterocycles. The Morgan fingerprint density at radius 3 is 2.47 bits per heavy atom. The molecule has 12 heteroatoms. The number of amides is 3. The number of alkyl halides is 3. The van der Waals surface area contributed by atoms with Crippen molar-refractivity contribution in [3.05, 3.63) is 88.9 Å². The van der Waals surface area contributed by atoms with E-state index in [1.54, 1.807) is 43.5 Å². The predicted octanol–water partition coefficient (Wildman–Crippen LogP) is 4.12. The number of aromatic nitrogens is 2. The van der Waals surface area contributed by atoms with Gasteiger partial charge >= 0.3 is 6.18 Å². The number of hydrazine groups is 1. The summed E-state index contributed by atoms with van der Waals surface area (Å²) in [5.74, 6) is -1.03. The van der Waals surface area contributed by atoms with Crippen molar-refractivity contribution < 1.29 is 27.6 Å². The number of nitrogens with one attached hydrogen (secondary N) is 3. The first-order valence-corrected chi connectivity index (χ1v) is 11.4. The summed E-state index contributed by atoms with van der Waals surface area (Å²) >= 11 is 0. The van der Waals surface area contributed by atoms with E-state index in [4.69, 9.17) is 0 Å². The van der Waals surface area contributed by atoms with Crippen molar-refractivity contribution in [2.45, 2.75) is 26.1 Å². The Kier molecular flexibility index (Phi) is 7.26. The molecule has 3 N–H and O–H groups in total. The van der Waals surface area contributed by atoms with Crippen LogP contribution in [0.3, 0.4) is 0 Å². The van der Waals surface area contributed by atoms with Crippen LogP contribution in [0.1, 0.15) is 45.7 Å². The SMILES string of the molecule is CC(=O)Nc1cc(C2=CC(c3cc(NC(=O)c4ccnc(C(F)(F)F)c4)ccc3C)NN(C)C2=O)ccn1. The Balaban J connectivity index is 1.64. The molecule has 1 unspecified atom stereocenters. The first kappa shape index (κ1) is 26.5. The Labute approximate surface area is 215 Å². The molecule has 196 valence electrons. The van der Waals surface area contributed by atoms with Gasteiger partial charge in [-0.1, -0.05) is 6.07 Å². The summed E-state index contributed by atoms with van der Waals surface area (Å²) in [6.45, 7) is 3.21. The van der Waals surface area contributed by atoms with Gasteiger partial charge in [-0.25, -0.2) is 10.4 Å². The van der Waals surface area contributed by atoms with Crippen LogP contribution in [-0.2, 0) is 15.8 Å². The highest BCUT2D eigenvalue weighted by Crippen LogP contribution is 2.31. The molecule has 0 bridgehead atoms. The largest absolute Gasteiger partial charge is 0.433 e. The fraction of sp³-hybridized carbons (Fsp3) is 0.192. The van der Waals surface area contributed by atoms with Crippen LogP contribution in [0.15, 0.2) is 60.9 Å². The topological polar surface area (TPSA) is 116 Å². The standard InChI is InChI=1S/C26H23F3N6O3/c1-14-4-5-18(33-24(37)17-7-8-30-22(10-17)26(27,28)29)12-19(14)21-13-20(25(38)35(3)34-21)16-6-9-31-23(11-16)32-15(2)36/h4-13,21,34H,1-3H3,(H,33,37)(H,31,32,36). The lowest BCUT2D eigenvalue weighted by atomic mass is 9.94. The van der Waals surface area contributed by atoms with E-state index in [0.717, 1.165) is 17.3 Å². The number of benzene rings is 1. The molecule has 1 aliphatic heterocycles. The number of hydrogen-bond donors (Lipinski definition) is 3. The molecule has 1 aliphatic rings. The van der Waals surface area contributed by atoms with E-state index < -0.39 is 23.8 Å². The second kappa shape index (κ2) is 10.4. The minimum absolute atomic E-state index is 0.189. The van der Waals surface area contributed by atoms with Gasteiger partial charge < -0.3 is 10.6 Å². The van der Waals surface area contributed by atoms with Gasteiger partial charge in [0.1, 0.15) is 11.5 Å². The van der Waals surface area contributed by atoms with E-state index in [1.165, 1.54) is 24.2 Å². The molecule has 1 aromatic carbocycles. The fourth-order valence-electron chi connectivity index (χ4n) is 3.93. The number of aryl methyl sites for hydroxylation is 1. The predicted molar refractivity (Wildman–Crippen MR) is 134 cm³/mol. The Bertz CT molecular complexity index is 1450. The summed E-state index contributed by atoms with van der Waals surface area (Å²) in [6, 6.07) is 9.71. The maximum absolute atomic E-state index is 13.0. The van der Waals surface area contributed by atoms with Crippen molar-refractivity contribution >= 4 is 34.8 Å². The number of likely N-dealkylation sites (N-methyl/N-ethyl adjacent to an activating group) is 1. The molecule has 2 aromatic heterocycles. The molecule has 0 spiro atoms. The van der Waals surface area contributed by atoms with Crippen molar-refractivity contribution in [3.63, 3.8) is 0 Å².